The Morgan fingerprint density at radius 2 is 1.87 bits per heavy atom. The van der Waals surface area contributed by atoms with Gasteiger partial charge in [0, 0.05) is 41.6 Å². The number of alkyl halides is 4. The zero-order valence-corrected chi connectivity index (χ0v) is 20.6. The lowest BCUT2D eigenvalue weighted by Crippen LogP contribution is -2.40. The predicted molar refractivity (Wildman–Crippen MR) is 129 cm³/mol. The van der Waals surface area contributed by atoms with Gasteiger partial charge in [-0.15, -0.1) is 11.3 Å². The number of aromatic nitrogens is 4. The highest BCUT2D eigenvalue weighted by molar-refractivity contribution is 7.10. The summed E-state index contributed by atoms with van der Waals surface area (Å²) in [4.78, 5) is 30.2. The number of halogens is 4. The van der Waals surface area contributed by atoms with Crippen molar-refractivity contribution < 1.29 is 31.7 Å². The number of piperidine rings is 1. The van der Waals surface area contributed by atoms with Crippen LogP contribution in [-0.2, 0) is 11.3 Å². The largest absolute Gasteiger partial charge is 0.356 e. The lowest BCUT2D eigenvalue weighted by Gasteiger charge is -2.31. The minimum Gasteiger partial charge on any atom is -0.356 e. The molecule has 8 nitrogen and oxygen atoms in total. The lowest BCUT2D eigenvalue weighted by molar-refractivity contribution is -0.133. The monoisotopic (exact) mass is 547 g/mol. The van der Waals surface area contributed by atoms with Crippen molar-refractivity contribution in [3.63, 3.8) is 0 Å². The van der Waals surface area contributed by atoms with E-state index in [2.05, 4.69) is 10.3 Å². The molecule has 0 radical (unpaired) electrons. The van der Waals surface area contributed by atoms with Gasteiger partial charge in [-0.25, -0.2) is 22.5 Å². The molecule has 4 heterocycles. The second kappa shape index (κ2) is 10.9. The number of hydrogen-bond donors (Lipinski definition) is 0. The molecule has 1 aliphatic heterocycles. The van der Waals surface area contributed by atoms with Crippen molar-refractivity contribution in [3.8, 4) is 22.7 Å². The van der Waals surface area contributed by atoms with Gasteiger partial charge in [0.15, 0.2) is 12.0 Å². The van der Waals surface area contributed by atoms with Gasteiger partial charge in [0.25, 0.3) is 12.9 Å². The van der Waals surface area contributed by atoms with Crippen molar-refractivity contribution in [1.29, 1.82) is 0 Å². The molecule has 0 spiro atoms. The first kappa shape index (κ1) is 25.8. The Hall–Kier alpha value is -3.87. The molecule has 0 aliphatic carbocycles. The number of carbonyl (C=O) groups is 2. The SMILES string of the molecule is O=Cc1ccccc1-c1cc(-c2csc(C3CCN(C(=O)Cn4nc(C(F)F)cc4C(F)F)CC3)n2)no1. The molecule has 0 N–H and O–H groups in total. The minimum absolute atomic E-state index is 0.0896. The topological polar surface area (TPSA) is 94.1 Å². The highest BCUT2D eigenvalue weighted by atomic mass is 32.1. The lowest BCUT2D eigenvalue weighted by atomic mass is 9.97. The fourth-order valence-corrected chi connectivity index (χ4v) is 5.39. The summed E-state index contributed by atoms with van der Waals surface area (Å²) in [6.45, 7) is 0.226. The maximum Gasteiger partial charge on any atom is 0.282 e. The molecule has 0 unspecified atom stereocenters. The number of thiazole rings is 1. The third kappa shape index (κ3) is 5.23. The van der Waals surface area contributed by atoms with Crippen LogP contribution in [0.25, 0.3) is 22.7 Å². The molecule has 38 heavy (non-hydrogen) atoms. The van der Waals surface area contributed by atoms with E-state index in [0.717, 1.165) is 11.3 Å². The number of carbonyl (C=O) groups excluding carboxylic acids is 2. The highest BCUT2D eigenvalue weighted by Gasteiger charge is 2.28. The molecular weight excluding hydrogens is 526 g/mol. The Morgan fingerprint density at radius 3 is 2.58 bits per heavy atom. The standard InChI is InChI=1S/C25H21F4N5O3S/c26-23(27)18-9-20(24(28)29)34(31-18)11-22(36)33-7-5-14(6-8-33)25-30-19(13-38-25)17-10-21(37-32-17)16-4-2-1-3-15(16)12-35/h1-4,9-10,12-14,23-24H,5-8,11H2. The summed E-state index contributed by atoms with van der Waals surface area (Å²) in [5.41, 5.74) is 0.809. The second-order valence-electron chi connectivity index (χ2n) is 8.76. The summed E-state index contributed by atoms with van der Waals surface area (Å²) in [7, 11) is 0. The molecule has 1 aliphatic rings. The van der Waals surface area contributed by atoms with E-state index in [1.54, 1.807) is 30.3 Å². The third-order valence-electron chi connectivity index (χ3n) is 6.41. The quantitative estimate of drug-likeness (QED) is 0.206. The maximum atomic E-state index is 13.2. The Kier molecular flexibility index (Phi) is 7.36. The van der Waals surface area contributed by atoms with Crippen LogP contribution in [0.5, 0.6) is 0 Å². The van der Waals surface area contributed by atoms with Gasteiger partial charge >= 0.3 is 0 Å². The van der Waals surface area contributed by atoms with E-state index >= 15 is 0 Å². The van der Waals surface area contributed by atoms with Crippen LogP contribution in [0.2, 0.25) is 0 Å². The van der Waals surface area contributed by atoms with Crippen LogP contribution in [0.1, 0.15) is 58.4 Å². The Labute approximate surface area is 217 Å². The number of benzene rings is 1. The van der Waals surface area contributed by atoms with Gasteiger partial charge in [0.1, 0.15) is 29.3 Å². The summed E-state index contributed by atoms with van der Waals surface area (Å²) in [6, 6.07) is 9.38. The number of amides is 1. The molecule has 13 heteroatoms. The van der Waals surface area contributed by atoms with Crippen molar-refractivity contribution in [1.82, 2.24) is 24.8 Å². The summed E-state index contributed by atoms with van der Waals surface area (Å²) in [6.07, 6.45) is -4.05. The molecule has 1 aromatic carbocycles. The molecule has 0 atom stereocenters. The van der Waals surface area contributed by atoms with E-state index in [-0.39, 0.29) is 5.92 Å². The number of aldehydes is 1. The zero-order valence-electron chi connectivity index (χ0n) is 19.8. The van der Waals surface area contributed by atoms with E-state index in [1.807, 2.05) is 5.38 Å². The molecule has 4 aromatic rings. The molecule has 3 aromatic heterocycles. The van der Waals surface area contributed by atoms with Crippen LogP contribution in [-0.4, -0.2) is 50.1 Å². The summed E-state index contributed by atoms with van der Waals surface area (Å²) >= 11 is 1.47. The van der Waals surface area contributed by atoms with Gasteiger partial charge in [0.2, 0.25) is 5.91 Å². The zero-order chi connectivity index (χ0) is 26.8. The molecule has 1 saturated heterocycles. The van der Waals surface area contributed by atoms with Gasteiger partial charge in [-0.1, -0.05) is 29.4 Å². The number of likely N-dealkylation sites (tertiary alicyclic amines) is 1. The van der Waals surface area contributed by atoms with Crippen LogP contribution in [0.3, 0.4) is 0 Å². The van der Waals surface area contributed by atoms with E-state index in [4.69, 9.17) is 9.51 Å². The molecule has 0 bridgehead atoms. The predicted octanol–water partition coefficient (Wildman–Crippen LogP) is 5.76. The fraction of sp³-hybridized carbons (Fsp3) is 0.320. The first-order valence-electron chi connectivity index (χ1n) is 11.7. The van der Waals surface area contributed by atoms with E-state index in [9.17, 15) is 27.2 Å². The number of nitrogens with zero attached hydrogens (tertiary/aromatic N) is 5. The van der Waals surface area contributed by atoms with Gasteiger partial charge in [-0.05, 0) is 18.9 Å². The van der Waals surface area contributed by atoms with Crippen molar-refractivity contribution in [3.05, 3.63) is 63.7 Å². The van der Waals surface area contributed by atoms with Gasteiger partial charge in [0.05, 0.1) is 5.01 Å². The highest BCUT2D eigenvalue weighted by Crippen LogP contribution is 2.34. The van der Waals surface area contributed by atoms with Crippen molar-refractivity contribution in [2.75, 3.05) is 13.1 Å². The fourth-order valence-electron chi connectivity index (χ4n) is 4.40. The Morgan fingerprint density at radius 1 is 1.11 bits per heavy atom. The molecule has 198 valence electrons. The molecular formula is C25H21F4N5O3S. The molecule has 0 saturated carbocycles. The first-order chi connectivity index (χ1) is 18.3. The van der Waals surface area contributed by atoms with Gasteiger partial charge in [-0.3, -0.25) is 14.3 Å². The van der Waals surface area contributed by atoms with E-state index in [0.29, 0.717) is 65.0 Å². The first-order valence-corrected chi connectivity index (χ1v) is 12.6. The smallest absolute Gasteiger partial charge is 0.282 e. The van der Waals surface area contributed by atoms with Gasteiger partial charge < -0.3 is 9.42 Å². The van der Waals surface area contributed by atoms with Crippen LogP contribution < -0.4 is 0 Å². The van der Waals surface area contributed by atoms with Gasteiger partial charge in [-0.2, -0.15) is 5.10 Å². The average Bonchev–Trinajstić information content (AvgIpc) is 3.68. The maximum absolute atomic E-state index is 13.2. The molecule has 1 fully saturated rings. The van der Waals surface area contributed by atoms with E-state index < -0.39 is 36.7 Å². The van der Waals surface area contributed by atoms with E-state index in [1.165, 1.54) is 16.2 Å². The Balaban J connectivity index is 1.21. The Bertz CT molecular complexity index is 1440. The molecule has 1 amide bonds. The molecule has 5 rings (SSSR count). The second-order valence-corrected chi connectivity index (χ2v) is 9.65. The minimum atomic E-state index is -3.02. The number of rotatable bonds is 8. The van der Waals surface area contributed by atoms with Crippen LogP contribution in [0, 0.1) is 0 Å². The summed E-state index contributed by atoms with van der Waals surface area (Å²) in [5, 5.41) is 10.3. The summed E-state index contributed by atoms with van der Waals surface area (Å²) in [5.74, 6) is 0.0865. The normalized spacial score (nSPS) is 14.5. The summed E-state index contributed by atoms with van der Waals surface area (Å²) < 4.78 is 58.3. The number of hydrogen-bond acceptors (Lipinski definition) is 7. The van der Waals surface area contributed by atoms with Crippen LogP contribution >= 0.6 is 11.3 Å². The van der Waals surface area contributed by atoms with Crippen LogP contribution in [0.15, 0.2) is 46.3 Å². The van der Waals surface area contributed by atoms with Crippen molar-refractivity contribution in [2.24, 2.45) is 0 Å². The van der Waals surface area contributed by atoms with Crippen molar-refractivity contribution >= 4 is 23.5 Å². The third-order valence-corrected chi connectivity index (χ3v) is 7.41. The van der Waals surface area contributed by atoms with Crippen LogP contribution in [0.4, 0.5) is 17.6 Å². The average molecular weight is 548 g/mol. The van der Waals surface area contributed by atoms with Crippen molar-refractivity contribution in [2.45, 2.75) is 38.2 Å².